The topological polar surface area (TPSA) is 128 Å². The van der Waals surface area contributed by atoms with Gasteiger partial charge in [0.15, 0.2) is 11.6 Å². The number of nitrogens with one attached hydrogen (secondary N) is 1. The van der Waals surface area contributed by atoms with Crippen molar-refractivity contribution in [1.29, 1.82) is 0 Å². The Hall–Kier alpha value is -3.17. The van der Waals surface area contributed by atoms with Crippen LogP contribution in [0.15, 0.2) is 12.4 Å². The number of hydrogen-bond acceptors (Lipinski definition) is 7. The molecule has 1 amide bonds. The molecule has 0 aromatic carbocycles. The Morgan fingerprint density at radius 2 is 2.00 bits per heavy atom. The summed E-state index contributed by atoms with van der Waals surface area (Å²) in [6, 6.07) is 0. The first kappa shape index (κ1) is 25.5. The predicted molar refractivity (Wildman–Crippen MR) is 127 cm³/mol. The minimum atomic E-state index is -0.782. The number of carboxylic acid groups (broad SMARTS) is 1. The Morgan fingerprint density at radius 3 is 2.59 bits per heavy atom. The second-order valence-electron chi connectivity index (χ2n) is 10.3. The number of anilines is 1. The summed E-state index contributed by atoms with van der Waals surface area (Å²) in [6.45, 7) is 11.1. The number of aryl methyl sites for hydroxylation is 2. The minimum absolute atomic E-state index is 0.0117. The molecule has 34 heavy (non-hydrogen) atoms. The lowest BCUT2D eigenvalue weighted by molar-refractivity contribution is -0.157. The Bertz CT molecular complexity index is 1060. The lowest BCUT2D eigenvalue weighted by Crippen LogP contribution is -2.44. The highest BCUT2D eigenvalue weighted by Crippen LogP contribution is 2.44. The van der Waals surface area contributed by atoms with Gasteiger partial charge in [0.25, 0.3) is 0 Å². The van der Waals surface area contributed by atoms with E-state index in [2.05, 4.69) is 20.4 Å². The van der Waals surface area contributed by atoms with E-state index in [9.17, 15) is 14.7 Å². The molecule has 2 aromatic heterocycles. The van der Waals surface area contributed by atoms with Crippen molar-refractivity contribution < 1.29 is 24.2 Å². The van der Waals surface area contributed by atoms with E-state index in [0.717, 1.165) is 12.8 Å². The zero-order chi connectivity index (χ0) is 25.3. The maximum atomic E-state index is 12.3. The van der Waals surface area contributed by atoms with Crippen molar-refractivity contribution in [3.05, 3.63) is 18.1 Å². The van der Waals surface area contributed by atoms with Gasteiger partial charge < -0.3 is 14.6 Å². The van der Waals surface area contributed by atoms with Crippen molar-refractivity contribution in [3.63, 3.8) is 0 Å². The van der Waals surface area contributed by atoms with Crippen LogP contribution < -0.4 is 10.1 Å². The molecule has 186 valence electrons. The summed E-state index contributed by atoms with van der Waals surface area (Å²) >= 11 is 0. The summed E-state index contributed by atoms with van der Waals surface area (Å²) in [5, 5.41) is 16.8. The molecule has 0 spiro atoms. The monoisotopic (exact) mass is 473 g/mol. The molecule has 10 heteroatoms. The van der Waals surface area contributed by atoms with Crippen LogP contribution in [0.25, 0.3) is 11.4 Å². The zero-order valence-electron chi connectivity index (χ0n) is 21.0. The lowest BCUT2D eigenvalue weighted by atomic mass is 9.66. The molecule has 0 bridgehead atoms. The van der Waals surface area contributed by atoms with Crippen LogP contribution in [-0.4, -0.2) is 48.6 Å². The highest BCUT2D eigenvalue weighted by Gasteiger charge is 2.46. The molecular formula is C24H35N5O5. The fourth-order valence-corrected chi connectivity index (χ4v) is 4.35. The highest BCUT2D eigenvalue weighted by molar-refractivity contribution is 5.88. The molecule has 2 N–H and O–H groups in total. The van der Waals surface area contributed by atoms with Crippen molar-refractivity contribution >= 4 is 17.9 Å². The first-order valence-corrected chi connectivity index (χ1v) is 11.6. The average molecular weight is 474 g/mol. The second kappa shape index (κ2) is 9.60. The van der Waals surface area contributed by atoms with E-state index < -0.39 is 23.1 Å². The standard InChI is InChI=1S/C24H35N5O5/c1-14(2)24(21(30)31)10-8-9-16(11-24)33-18-13-25-19(27-15(18)3)17-12-26-29(7)20(17)28-22(32)34-23(4,5)6/h12-14,16H,8-11H2,1-7H3,(H,28,32)(H,30,31)/t16-,24-/m0/s1. The molecule has 3 rings (SSSR count). The zero-order valence-corrected chi connectivity index (χ0v) is 21.0. The van der Waals surface area contributed by atoms with Crippen LogP contribution >= 0.6 is 0 Å². The van der Waals surface area contributed by atoms with Crippen LogP contribution in [0.3, 0.4) is 0 Å². The van der Waals surface area contributed by atoms with Gasteiger partial charge in [-0.3, -0.25) is 14.8 Å². The summed E-state index contributed by atoms with van der Waals surface area (Å²) in [6.07, 6.45) is 5.04. The molecule has 1 aliphatic rings. The van der Waals surface area contributed by atoms with Gasteiger partial charge in [-0.2, -0.15) is 5.10 Å². The number of nitrogens with zero attached hydrogens (tertiary/aromatic N) is 4. The average Bonchev–Trinajstić information content (AvgIpc) is 3.08. The number of aromatic nitrogens is 4. The van der Waals surface area contributed by atoms with Crippen LogP contribution in [0.5, 0.6) is 5.75 Å². The Balaban J connectivity index is 1.79. The van der Waals surface area contributed by atoms with Gasteiger partial charge in [0, 0.05) is 13.5 Å². The van der Waals surface area contributed by atoms with Crippen molar-refractivity contribution in [3.8, 4) is 17.1 Å². The van der Waals surface area contributed by atoms with Crippen molar-refractivity contribution in [2.24, 2.45) is 18.4 Å². The number of amides is 1. The summed E-state index contributed by atoms with van der Waals surface area (Å²) < 4.78 is 13.0. The van der Waals surface area contributed by atoms with E-state index in [4.69, 9.17) is 9.47 Å². The molecule has 0 aliphatic heterocycles. The van der Waals surface area contributed by atoms with Crippen LogP contribution in [-0.2, 0) is 16.6 Å². The van der Waals surface area contributed by atoms with Crippen molar-refractivity contribution in [1.82, 2.24) is 19.7 Å². The predicted octanol–water partition coefficient (Wildman–Crippen LogP) is 4.58. The molecule has 0 saturated heterocycles. The van der Waals surface area contributed by atoms with E-state index in [-0.39, 0.29) is 12.0 Å². The van der Waals surface area contributed by atoms with E-state index >= 15 is 0 Å². The van der Waals surface area contributed by atoms with E-state index in [0.29, 0.717) is 41.5 Å². The molecule has 2 atom stereocenters. The summed E-state index contributed by atoms with van der Waals surface area (Å²) in [7, 11) is 1.70. The first-order valence-electron chi connectivity index (χ1n) is 11.6. The normalized spacial score (nSPS) is 20.8. The molecule has 0 radical (unpaired) electrons. The fourth-order valence-electron chi connectivity index (χ4n) is 4.35. The van der Waals surface area contributed by atoms with E-state index in [1.165, 1.54) is 4.68 Å². The molecule has 10 nitrogen and oxygen atoms in total. The molecule has 1 saturated carbocycles. The molecule has 2 heterocycles. The van der Waals surface area contributed by atoms with Crippen LogP contribution in [0.1, 0.15) is 66.0 Å². The molecule has 0 unspecified atom stereocenters. The van der Waals surface area contributed by atoms with Crippen LogP contribution in [0.2, 0.25) is 0 Å². The first-order chi connectivity index (χ1) is 15.8. The third kappa shape index (κ3) is 5.48. The molecular weight excluding hydrogens is 438 g/mol. The van der Waals surface area contributed by atoms with Gasteiger partial charge in [0.1, 0.15) is 11.4 Å². The maximum absolute atomic E-state index is 12.3. The number of ether oxygens (including phenoxy) is 2. The summed E-state index contributed by atoms with van der Waals surface area (Å²) in [5.41, 5.74) is -0.254. The quantitative estimate of drug-likeness (QED) is 0.624. The van der Waals surface area contributed by atoms with Crippen LogP contribution in [0, 0.1) is 18.3 Å². The van der Waals surface area contributed by atoms with Gasteiger partial charge in [0.05, 0.1) is 35.2 Å². The van der Waals surface area contributed by atoms with Gasteiger partial charge in [-0.15, -0.1) is 0 Å². The summed E-state index contributed by atoms with van der Waals surface area (Å²) in [5.74, 6) is 0.565. The van der Waals surface area contributed by atoms with Gasteiger partial charge in [-0.1, -0.05) is 13.8 Å². The maximum Gasteiger partial charge on any atom is 0.413 e. The number of aliphatic carboxylic acids is 1. The Morgan fingerprint density at radius 1 is 1.29 bits per heavy atom. The molecule has 1 fully saturated rings. The third-order valence-corrected chi connectivity index (χ3v) is 6.30. The van der Waals surface area contributed by atoms with E-state index in [1.54, 1.807) is 40.2 Å². The second-order valence-corrected chi connectivity index (χ2v) is 10.3. The van der Waals surface area contributed by atoms with Gasteiger partial charge in [-0.05, 0) is 52.9 Å². The minimum Gasteiger partial charge on any atom is -0.487 e. The highest BCUT2D eigenvalue weighted by atomic mass is 16.6. The molecule has 1 aliphatic carbocycles. The SMILES string of the molecule is Cc1nc(-c2cnn(C)c2NC(=O)OC(C)(C)C)ncc1O[C@H]1CCC[C@@](C(=O)O)(C(C)C)C1. The van der Waals surface area contributed by atoms with Crippen molar-refractivity contribution in [2.75, 3.05) is 5.32 Å². The number of carboxylic acids is 1. The smallest absolute Gasteiger partial charge is 0.413 e. The van der Waals surface area contributed by atoms with Gasteiger partial charge in [0.2, 0.25) is 0 Å². The van der Waals surface area contributed by atoms with Crippen molar-refractivity contribution in [2.45, 2.75) is 78.9 Å². The number of carbonyl (C=O) groups is 2. The Kier molecular flexibility index (Phi) is 7.18. The number of hydrogen-bond donors (Lipinski definition) is 2. The largest absolute Gasteiger partial charge is 0.487 e. The van der Waals surface area contributed by atoms with Gasteiger partial charge in [-0.25, -0.2) is 14.8 Å². The fraction of sp³-hybridized carbons (Fsp3) is 0.625. The number of carbonyl (C=O) groups excluding carboxylic acids is 1. The summed E-state index contributed by atoms with van der Waals surface area (Å²) in [4.78, 5) is 33.3. The number of rotatable bonds is 6. The van der Waals surface area contributed by atoms with Crippen LogP contribution in [0.4, 0.5) is 10.6 Å². The third-order valence-electron chi connectivity index (χ3n) is 6.30. The van der Waals surface area contributed by atoms with Gasteiger partial charge >= 0.3 is 12.1 Å². The van der Waals surface area contributed by atoms with E-state index in [1.807, 2.05) is 20.8 Å². The Labute approximate surface area is 200 Å². The lowest BCUT2D eigenvalue weighted by Gasteiger charge is -2.40. The molecule has 2 aromatic rings.